The van der Waals surface area contributed by atoms with E-state index in [4.69, 9.17) is 5.11 Å². The monoisotopic (exact) mass is 278 g/mol. The molecule has 1 unspecified atom stereocenters. The lowest BCUT2D eigenvalue weighted by Crippen LogP contribution is -2.29. The van der Waals surface area contributed by atoms with Gasteiger partial charge in [-0.15, -0.1) is 0 Å². The average Bonchev–Trinajstić information content (AvgIpc) is 2.72. The molecular weight excluding hydrogens is 274 g/mol. The van der Waals surface area contributed by atoms with E-state index in [9.17, 15) is 13.6 Å². The van der Waals surface area contributed by atoms with Gasteiger partial charge in [-0.25, -0.2) is 18.7 Å². The van der Waals surface area contributed by atoms with Crippen LogP contribution in [0, 0.1) is 0 Å². The molecule has 0 radical (unpaired) electrons. The van der Waals surface area contributed by atoms with Gasteiger partial charge < -0.3 is 5.11 Å². The molecule has 1 aliphatic rings. The van der Waals surface area contributed by atoms with Gasteiger partial charge in [-0.3, -0.25) is 4.79 Å². The normalized spacial score (nSPS) is 27.4. The molecule has 7 heteroatoms. The molecule has 2 rings (SSSR count). The first-order chi connectivity index (χ1) is 6.90. The predicted molar refractivity (Wildman–Crippen MR) is 48.6 cm³/mol. The summed E-state index contributed by atoms with van der Waals surface area (Å²) in [4.78, 5) is 18.0. The average molecular weight is 279 g/mol. The number of rotatable bonds is 2. The maximum Gasteiger partial charge on any atom is 0.323 e. The van der Waals surface area contributed by atoms with Gasteiger partial charge in [0, 0.05) is 18.8 Å². The summed E-state index contributed by atoms with van der Waals surface area (Å²) < 4.78 is 26.5. The lowest BCUT2D eigenvalue weighted by Gasteiger charge is -2.08. The summed E-state index contributed by atoms with van der Waals surface area (Å²) in [5.74, 6) is -5.19. The maximum atomic E-state index is 13.0. The van der Waals surface area contributed by atoms with Gasteiger partial charge in [0.2, 0.25) is 0 Å². The lowest BCUT2D eigenvalue weighted by molar-refractivity contribution is -0.143. The van der Waals surface area contributed by atoms with Crippen molar-refractivity contribution >= 4 is 21.9 Å². The van der Waals surface area contributed by atoms with Crippen LogP contribution in [0.25, 0.3) is 0 Å². The van der Waals surface area contributed by atoms with E-state index in [0.717, 1.165) is 0 Å². The third-order valence-electron chi connectivity index (χ3n) is 2.35. The van der Waals surface area contributed by atoms with Gasteiger partial charge in [0.25, 0.3) is 5.92 Å². The number of alkyl halides is 2. The van der Waals surface area contributed by atoms with Gasteiger partial charge in [-0.1, -0.05) is 0 Å². The summed E-state index contributed by atoms with van der Waals surface area (Å²) in [7, 11) is 0. The minimum Gasteiger partial charge on any atom is -0.480 e. The number of carbonyl (C=O) groups is 1. The van der Waals surface area contributed by atoms with Crippen molar-refractivity contribution in [1.29, 1.82) is 0 Å². The molecule has 1 aliphatic carbocycles. The molecule has 80 valence electrons. The summed E-state index contributed by atoms with van der Waals surface area (Å²) in [6.07, 6.45) is 1.76. The first-order valence-corrected chi connectivity index (χ1v) is 4.79. The first-order valence-electron chi connectivity index (χ1n) is 3.99. The molecule has 15 heavy (non-hydrogen) atoms. The molecule has 0 bridgehead atoms. The Morgan fingerprint density at radius 2 is 1.93 bits per heavy atom. The van der Waals surface area contributed by atoms with Crippen molar-refractivity contribution in [2.45, 2.75) is 17.8 Å². The second kappa shape index (κ2) is 2.94. The topological polar surface area (TPSA) is 63.1 Å². The molecule has 0 aromatic carbocycles. The zero-order valence-corrected chi connectivity index (χ0v) is 8.83. The molecule has 0 aliphatic heterocycles. The molecule has 0 spiro atoms. The summed E-state index contributed by atoms with van der Waals surface area (Å²) in [6.45, 7) is 0. The third kappa shape index (κ3) is 1.33. The summed E-state index contributed by atoms with van der Waals surface area (Å²) in [6, 6.07) is 0. The van der Waals surface area contributed by atoms with E-state index in [2.05, 4.69) is 25.9 Å². The van der Waals surface area contributed by atoms with Crippen LogP contribution in [0.5, 0.6) is 0 Å². The van der Waals surface area contributed by atoms with Crippen molar-refractivity contribution in [3.8, 4) is 0 Å². The molecule has 1 atom stereocenters. The second-order valence-electron chi connectivity index (χ2n) is 3.32. The van der Waals surface area contributed by atoms with Crippen LogP contribution in [0.4, 0.5) is 8.78 Å². The summed E-state index contributed by atoms with van der Waals surface area (Å²) >= 11 is 3.04. The number of hydrogen-bond donors (Lipinski definition) is 1. The summed E-state index contributed by atoms with van der Waals surface area (Å²) in [5.41, 5.74) is -2.23. The van der Waals surface area contributed by atoms with Crippen molar-refractivity contribution < 1.29 is 18.7 Å². The minimum atomic E-state index is -3.26. The van der Waals surface area contributed by atoms with E-state index >= 15 is 0 Å². The van der Waals surface area contributed by atoms with Crippen LogP contribution in [0.15, 0.2) is 16.9 Å². The van der Waals surface area contributed by atoms with Crippen molar-refractivity contribution in [3.63, 3.8) is 0 Å². The standard InChI is InChI=1S/C8H5BrF2N2O2/c9-4-1-12-5(13-2-4)7(6(14)15)3-8(7,10)11/h1-2H,3H2,(H,14,15). The van der Waals surface area contributed by atoms with E-state index in [-0.39, 0.29) is 5.82 Å². The fourth-order valence-corrected chi connectivity index (χ4v) is 1.60. The number of hydrogen-bond acceptors (Lipinski definition) is 3. The van der Waals surface area contributed by atoms with Gasteiger partial charge >= 0.3 is 5.97 Å². The molecule has 1 aromatic heterocycles. The molecule has 0 saturated heterocycles. The first kappa shape index (κ1) is 10.4. The van der Waals surface area contributed by atoms with Crippen LogP contribution in [0.2, 0.25) is 0 Å². The van der Waals surface area contributed by atoms with E-state index < -0.39 is 23.7 Å². The molecule has 1 aromatic rings. The highest BCUT2D eigenvalue weighted by Gasteiger charge is 2.79. The highest BCUT2D eigenvalue weighted by molar-refractivity contribution is 9.10. The van der Waals surface area contributed by atoms with Crippen LogP contribution in [-0.2, 0) is 10.2 Å². The van der Waals surface area contributed by atoms with Crippen molar-refractivity contribution in [3.05, 3.63) is 22.7 Å². The number of carboxylic acid groups (broad SMARTS) is 1. The number of aromatic nitrogens is 2. The Balaban J connectivity index is 2.45. The Bertz CT molecular complexity index is 423. The van der Waals surface area contributed by atoms with Gasteiger partial charge in [-0.05, 0) is 15.9 Å². The fourth-order valence-electron chi connectivity index (χ4n) is 1.39. The smallest absolute Gasteiger partial charge is 0.323 e. The molecule has 4 nitrogen and oxygen atoms in total. The fraction of sp³-hybridized carbons (Fsp3) is 0.375. The number of nitrogens with zero attached hydrogens (tertiary/aromatic N) is 2. The van der Waals surface area contributed by atoms with Gasteiger partial charge in [0.05, 0.1) is 4.47 Å². The van der Waals surface area contributed by atoms with Crippen LogP contribution < -0.4 is 0 Å². The largest absolute Gasteiger partial charge is 0.480 e. The molecule has 1 fully saturated rings. The maximum absolute atomic E-state index is 13.0. The van der Waals surface area contributed by atoms with E-state index in [0.29, 0.717) is 4.47 Å². The highest BCUT2D eigenvalue weighted by atomic mass is 79.9. The SMILES string of the molecule is O=C(O)C1(c2ncc(Br)cn2)CC1(F)F. The predicted octanol–water partition coefficient (Wildman–Crippen LogP) is 1.60. The Morgan fingerprint density at radius 1 is 1.47 bits per heavy atom. The summed E-state index contributed by atoms with van der Waals surface area (Å²) in [5, 5.41) is 8.79. The number of aliphatic carboxylic acids is 1. The Hall–Kier alpha value is -1.11. The van der Waals surface area contributed by atoms with E-state index in [1.54, 1.807) is 0 Å². The highest BCUT2D eigenvalue weighted by Crippen LogP contribution is 2.60. The molecule has 0 amide bonds. The Kier molecular flexibility index (Phi) is 2.04. The van der Waals surface area contributed by atoms with Gasteiger partial charge in [-0.2, -0.15) is 0 Å². The van der Waals surface area contributed by atoms with Crippen LogP contribution >= 0.6 is 15.9 Å². The molecule has 1 N–H and O–H groups in total. The van der Waals surface area contributed by atoms with Crippen LogP contribution in [0.1, 0.15) is 12.2 Å². The molecule has 1 heterocycles. The quantitative estimate of drug-likeness (QED) is 0.893. The van der Waals surface area contributed by atoms with Gasteiger partial charge in [0.15, 0.2) is 11.2 Å². The molecular formula is C8H5BrF2N2O2. The minimum absolute atomic E-state index is 0.344. The Labute approximate surface area is 91.5 Å². The third-order valence-corrected chi connectivity index (χ3v) is 2.76. The molecule has 1 saturated carbocycles. The van der Waals surface area contributed by atoms with Crippen molar-refractivity contribution in [2.24, 2.45) is 0 Å². The van der Waals surface area contributed by atoms with Crippen LogP contribution in [0.3, 0.4) is 0 Å². The zero-order valence-electron chi connectivity index (χ0n) is 7.25. The number of carboxylic acids is 1. The van der Waals surface area contributed by atoms with Crippen LogP contribution in [-0.4, -0.2) is 27.0 Å². The van der Waals surface area contributed by atoms with Gasteiger partial charge in [0.1, 0.15) is 0 Å². The van der Waals surface area contributed by atoms with E-state index in [1.165, 1.54) is 12.4 Å². The van der Waals surface area contributed by atoms with Crippen molar-refractivity contribution in [1.82, 2.24) is 9.97 Å². The lowest BCUT2D eigenvalue weighted by atomic mass is 10.1. The number of halogens is 3. The van der Waals surface area contributed by atoms with Crippen molar-refractivity contribution in [2.75, 3.05) is 0 Å². The Morgan fingerprint density at radius 3 is 2.27 bits per heavy atom. The zero-order chi connectivity index (χ0) is 11.3. The second-order valence-corrected chi connectivity index (χ2v) is 4.23. The van der Waals surface area contributed by atoms with E-state index in [1.807, 2.05) is 0 Å².